The van der Waals surface area contributed by atoms with Crippen molar-refractivity contribution in [2.24, 2.45) is 0 Å². The van der Waals surface area contributed by atoms with E-state index in [4.69, 9.17) is 0 Å². The summed E-state index contributed by atoms with van der Waals surface area (Å²) in [6, 6.07) is 11.3. The smallest absolute Gasteiger partial charge is 0.270 e. The molecule has 27 heavy (non-hydrogen) atoms. The SMILES string of the molecule is CN(C)C(=O)CSc1ccccc1C(=O)NNC(=O)Cn1ccccc1=O. The number of hydrogen-bond donors (Lipinski definition) is 2. The van der Waals surface area contributed by atoms with E-state index in [1.54, 1.807) is 50.5 Å². The molecule has 0 aliphatic heterocycles. The Kier molecular flexibility index (Phi) is 7.18. The number of amides is 3. The standard InChI is InChI=1S/C18H20N4O4S/c1-21(2)17(25)12-27-14-8-4-3-7-13(14)18(26)20-19-15(23)11-22-10-6-5-9-16(22)24/h3-10H,11-12H2,1-2H3,(H,19,23)(H,20,26). The van der Waals surface area contributed by atoms with E-state index < -0.39 is 11.8 Å². The maximum atomic E-state index is 12.4. The molecular formula is C18H20N4O4S. The van der Waals surface area contributed by atoms with Gasteiger partial charge in [-0.2, -0.15) is 0 Å². The van der Waals surface area contributed by atoms with Crippen LogP contribution in [0.3, 0.4) is 0 Å². The molecule has 0 bridgehead atoms. The Hall–Kier alpha value is -3.07. The molecule has 0 radical (unpaired) electrons. The Balaban J connectivity index is 1.95. The number of carbonyl (C=O) groups is 3. The molecule has 2 N–H and O–H groups in total. The Morgan fingerprint density at radius 3 is 2.44 bits per heavy atom. The number of thioether (sulfide) groups is 1. The lowest BCUT2D eigenvalue weighted by Crippen LogP contribution is -2.44. The molecule has 2 rings (SSSR count). The monoisotopic (exact) mass is 388 g/mol. The first-order valence-corrected chi connectivity index (χ1v) is 9.03. The highest BCUT2D eigenvalue weighted by atomic mass is 32.2. The molecule has 142 valence electrons. The van der Waals surface area contributed by atoms with Crippen molar-refractivity contribution in [2.75, 3.05) is 19.8 Å². The number of nitrogens with zero attached hydrogens (tertiary/aromatic N) is 2. The largest absolute Gasteiger partial charge is 0.348 e. The quantitative estimate of drug-likeness (QED) is 0.554. The molecule has 0 fully saturated rings. The van der Waals surface area contributed by atoms with E-state index in [9.17, 15) is 19.2 Å². The minimum absolute atomic E-state index is 0.0724. The first-order valence-electron chi connectivity index (χ1n) is 8.05. The fourth-order valence-electron chi connectivity index (χ4n) is 2.03. The lowest BCUT2D eigenvalue weighted by molar-refractivity contribution is -0.126. The van der Waals surface area contributed by atoms with Gasteiger partial charge in [0.05, 0.1) is 11.3 Å². The summed E-state index contributed by atoms with van der Waals surface area (Å²) >= 11 is 1.24. The zero-order valence-corrected chi connectivity index (χ0v) is 15.8. The van der Waals surface area contributed by atoms with Crippen LogP contribution in [-0.4, -0.2) is 47.0 Å². The third-order valence-corrected chi connectivity index (χ3v) is 4.57. The average Bonchev–Trinajstić information content (AvgIpc) is 2.66. The Bertz CT molecular complexity index is 895. The fourth-order valence-corrected chi connectivity index (χ4v) is 3.06. The molecule has 1 heterocycles. The Labute approximate surface area is 160 Å². The van der Waals surface area contributed by atoms with Gasteiger partial charge in [0.25, 0.3) is 17.4 Å². The van der Waals surface area contributed by atoms with E-state index in [0.29, 0.717) is 10.5 Å². The second kappa shape index (κ2) is 9.58. The number of hydrogen-bond acceptors (Lipinski definition) is 5. The van der Waals surface area contributed by atoms with Gasteiger partial charge >= 0.3 is 0 Å². The summed E-state index contributed by atoms with van der Waals surface area (Å²) in [5, 5.41) is 0. The van der Waals surface area contributed by atoms with Crippen LogP contribution in [0, 0.1) is 0 Å². The van der Waals surface area contributed by atoms with Gasteiger partial charge in [-0.15, -0.1) is 11.8 Å². The van der Waals surface area contributed by atoms with Gasteiger partial charge in [-0.1, -0.05) is 18.2 Å². The highest BCUT2D eigenvalue weighted by Crippen LogP contribution is 2.22. The van der Waals surface area contributed by atoms with Gasteiger partial charge in [-0.05, 0) is 18.2 Å². The number of benzene rings is 1. The number of pyridine rings is 1. The molecule has 0 aliphatic carbocycles. The molecule has 3 amide bonds. The molecule has 0 aliphatic rings. The predicted molar refractivity (Wildman–Crippen MR) is 102 cm³/mol. The summed E-state index contributed by atoms with van der Waals surface area (Å²) in [6.45, 7) is -0.215. The van der Waals surface area contributed by atoms with Crippen LogP contribution in [0.25, 0.3) is 0 Å². The van der Waals surface area contributed by atoms with Crippen LogP contribution in [0.1, 0.15) is 10.4 Å². The van der Waals surface area contributed by atoms with Gasteiger partial charge in [0, 0.05) is 31.3 Å². The van der Waals surface area contributed by atoms with Crippen LogP contribution in [0.15, 0.2) is 58.4 Å². The molecule has 8 nitrogen and oxygen atoms in total. The van der Waals surface area contributed by atoms with E-state index in [0.717, 1.165) is 0 Å². The molecule has 0 atom stereocenters. The third-order valence-electron chi connectivity index (χ3n) is 3.51. The maximum Gasteiger partial charge on any atom is 0.270 e. The number of nitrogens with one attached hydrogen (secondary N) is 2. The van der Waals surface area contributed by atoms with Gasteiger partial charge < -0.3 is 9.47 Å². The number of rotatable bonds is 6. The summed E-state index contributed by atoms with van der Waals surface area (Å²) < 4.78 is 1.22. The van der Waals surface area contributed by atoms with Gasteiger partial charge in [-0.25, -0.2) is 0 Å². The highest BCUT2D eigenvalue weighted by molar-refractivity contribution is 8.00. The van der Waals surface area contributed by atoms with Crippen molar-refractivity contribution in [2.45, 2.75) is 11.4 Å². The third kappa shape index (κ3) is 6.00. The lowest BCUT2D eigenvalue weighted by Gasteiger charge is -2.13. The first-order chi connectivity index (χ1) is 12.9. The summed E-state index contributed by atoms with van der Waals surface area (Å²) in [5.74, 6) is -0.925. The molecule has 0 unspecified atom stereocenters. The van der Waals surface area contributed by atoms with E-state index in [-0.39, 0.29) is 23.8 Å². The van der Waals surface area contributed by atoms with Crippen LogP contribution in [0.5, 0.6) is 0 Å². The predicted octanol–water partition coefficient (Wildman–Crippen LogP) is 0.490. The van der Waals surface area contributed by atoms with E-state index in [1.165, 1.54) is 33.5 Å². The lowest BCUT2D eigenvalue weighted by atomic mass is 10.2. The van der Waals surface area contributed by atoms with Crippen molar-refractivity contribution in [3.8, 4) is 0 Å². The highest BCUT2D eigenvalue weighted by Gasteiger charge is 2.14. The van der Waals surface area contributed by atoms with Crippen molar-refractivity contribution < 1.29 is 14.4 Å². The molecule has 2 aromatic rings. The molecular weight excluding hydrogens is 368 g/mol. The molecule has 1 aromatic carbocycles. The second-order valence-corrected chi connectivity index (χ2v) is 6.76. The first kappa shape index (κ1) is 20.2. The van der Waals surface area contributed by atoms with Gasteiger partial charge in [0.1, 0.15) is 6.54 Å². The fraction of sp³-hybridized carbons (Fsp3) is 0.222. The van der Waals surface area contributed by atoms with Crippen LogP contribution in [0.4, 0.5) is 0 Å². The molecule has 9 heteroatoms. The summed E-state index contributed by atoms with van der Waals surface area (Å²) in [7, 11) is 3.32. The van der Waals surface area contributed by atoms with Crippen molar-refractivity contribution in [3.05, 3.63) is 64.6 Å². The molecule has 0 saturated heterocycles. The maximum absolute atomic E-state index is 12.4. The number of hydrazine groups is 1. The topological polar surface area (TPSA) is 101 Å². The summed E-state index contributed by atoms with van der Waals surface area (Å²) in [6.07, 6.45) is 1.48. The zero-order valence-electron chi connectivity index (χ0n) is 15.0. The minimum Gasteiger partial charge on any atom is -0.348 e. The summed E-state index contributed by atoms with van der Waals surface area (Å²) in [4.78, 5) is 49.7. The molecule has 0 saturated carbocycles. The van der Waals surface area contributed by atoms with Crippen molar-refractivity contribution >= 4 is 29.5 Å². The molecule has 1 aromatic heterocycles. The van der Waals surface area contributed by atoms with E-state index in [1.807, 2.05) is 0 Å². The summed E-state index contributed by atoms with van der Waals surface area (Å²) in [5.41, 5.74) is 4.64. The second-order valence-electron chi connectivity index (χ2n) is 5.74. The van der Waals surface area contributed by atoms with Crippen molar-refractivity contribution in [1.82, 2.24) is 20.3 Å². The Morgan fingerprint density at radius 1 is 1.04 bits per heavy atom. The van der Waals surface area contributed by atoms with Gasteiger partial charge in [0.2, 0.25) is 5.91 Å². The minimum atomic E-state index is -0.537. The Morgan fingerprint density at radius 2 is 1.74 bits per heavy atom. The van der Waals surface area contributed by atoms with Crippen molar-refractivity contribution in [3.63, 3.8) is 0 Å². The number of aromatic nitrogens is 1. The van der Waals surface area contributed by atoms with Gasteiger partial charge in [-0.3, -0.25) is 30.0 Å². The normalized spacial score (nSPS) is 10.1. The van der Waals surface area contributed by atoms with E-state index >= 15 is 0 Å². The number of carbonyl (C=O) groups excluding carboxylic acids is 3. The van der Waals surface area contributed by atoms with Crippen LogP contribution >= 0.6 is 11.8 Å². The molecule has 0 spiro atoms. The average molecular weight is 388 g/mol. The zero-order chi connectivity index (χ0) is 19.8. The van der Waals surface area contributed by atoms with Crippen molar-refractivity contribution in [1.29, 1.82) is 0 Å². The van der Waals surface area contributed by atoms with Gasteiger partial charge in [0.15, 0.2) is 0 Å². The van der Waals surface area contributed by atoms with E-state index in [2.05, 4.69) is 10.9 Å². The van der Waals surface area contributed by atoms with Crippen LogP contribution in [-0.2, 0) is 16.1 Å². The van der Waals surface area contributed by atoms with Crippen LogP contribution in [0.2, 0.25) is 0 Å². The van der Waals surface area contributed by atoms with Crippen LogP contribution < -0.4 is 16.4 Å².